The molecular formula is C26H20Cl2F6N2O. The first-order valence-electron chi connectivity index (χ1n) is 11.1. The standard InChI is InChI=1S/C26H20Cl2F6N2O/c1-35(11-14-5-7-18(22(30)9-14)26(32,33)34)23-13-36(25(37)16-3-2-4-21(29)24(16)31)12-17(23)15-6-8-19(27)20(28)10-15/h2-10,17,23H,11-13H2,1H3/t17-,23+/m1/s1. The molecule has 1 aliphatic heterocycles. The molecule has 3 nitrogen and oxygen atoms in total. The molecule has 196 valence electrons. The van der Waals surface area contributed by atoms with E-state index in [0.29, 0.717) is 16.7 Å². The molecule has 0 aromatic heterocycles. The number of alkyl halides is 3. The van der Waals surface area contributed by atoms with Crippen molar-refractivity contribution in [2.75, 3.05) is 20.1 Å². The third-order valence-corrected chi connectivity index (χ3v) is 7.21. The molecule has 0 radical (unpaired) electrons. The molecule has 3 aromatic rings. The zero-order chi connectivity index (χ0) is 27.1. The smallest absolute Gasteiger partial charge is 0.336 e. The quantitative estimate of drug-likeness (QED) is 0.309. The number of rotatable bonds is 5. The second-order valence-corrected chi connectivity index (χ2v) is 9.70. The van der Waals surface area contributed by atoms with E-state index in [1.807, 2.05) is 0 Å². The van der Waals surface area contributed by atoms with Crippen molar-refractivity contribution >= 4 is 29.1 Å². The lowest BCUT2D eigenvalue weighted by molar-refractivity contribution is -0.140. The van der Waals surface area contributed by atoms with Gasteiger partial charge in [0, 0.05) is 31.6 Å². The molecule has 11 heteroatoms. The highest BCUT2D eigenvalue weighted by molar-refractivity contribution is 6.42. The lowest BCUT2D eigenvalue weighted by Gasteiger charge is -2.29. The van der Waals surface area contributed by atoms with Crippen molar-refractivity contribution in [1.29, 1.82) is 0 Å². The molecule has 1 fully saturated rings. The Bertz CT molecular complexity index is 1330. The van der Waals surface area contributed by atoms with Crippen LogP contribution in [0.25, 0.3) is 0 Å². The van der Waals surface area contributed by atoms with Gasteiger partial charge in [0.15, 0.2) is 11.6 Å². The number of carbonyl (C=O) groups is 1. The van der Waals surface area contributed by atoms with Gasteiger partial charge in [0.05, 0.1) is 21.2 Å². The molecule has 0 aliphatic carbocycles. The summed E-state index contributed by atoms with van der Waals surface area (Å²) in [6, 6.07) is 10.6. The van der Waals surface area contributed by atoms with E-state index in [1.54, 1.807) is 30.1 Å². The Morgan fingerprint density at radius 1 is 0.973 bits per heavy atom. The van der Waals surface area contributed by atoms with Crippen molar-refractivity contribution in [3.05, 3.63) is 104 Å². The number of likely N-dealkylation sites (N-methyl/N-ethyl adjacent to an activating group) is 1. The summed E-state index contributed by atoms with van der Waals surface area (Å²) >= 11 is 12.2. The monoisotopic (exact) mass is 560 g/mol. The van der Waals surface area contributed by atoms with Gasteiger partial charge in [-0.2, -0.15) is 13.2 Å². The average molecular weight is 561 g/mol. The summed E-state index contributed by atoms with van der Waals surface area (Å²) < 4.78 is 81.1. The Balaban J connectivity index is 1.63. The van der Waals surface area contributed by atoms with Gasteiger partial charge in [0.1, 0.15) is 5.82 Å². The first kappa shape index (κ1) is 27.3. The van der Waals surface area contributed by atoms with Crippen LogP contribution in [0.15, 0.2) is 54.6 Å². The van der Waals surface area contributed by atoms with Crippen LogP contribution < -0.4 is 0 Å². The largest absolute Gasteiger partial charge is 0.419 e. The van der Waals surface area contributed by atoms with Gasteiger partial charge in [0.2, 0.25) is 0 Å². The molecular weight excluding hydrogens is 541 g/mol. The topological polar surface area (TPSA) is 23.6 Å². The number of hydrogen-bond acceptors (Lipinski definition) is 2. The molecule has 0 unspecified atom stereocenters. The van der Waals surface area contributed by atoms with E-state index < -0.39 is 46.7 Å². The van der Waals surface area contributed by atoms with Gasteiger partial charge in [-0.1, -0.05) is 41.4 Å². The minimum atomic E-state index is -4.81. The predicted molar refractivity (Wildman–Crippen MR) is 128 cm³/mol. The fourth-order valence-corrected chi connectivity index (χ4v) is 4.91. The van der Waals surface area contributed by atoms with Gasteiger partial charge in [-0.15, -0.1) is 0 Å². The highest BCUT2D eigenvalue weighted by Gasteiger charge is 2.40. The van der Waals surface area contributed by atoms with E-state index in [2.05, 4.69) is 0 Å². The number of halogens is 8. The Kier molecular flexibility index (Phi) is 7.78. The van der Waals surface area contributed by atoms with Crippen LogP contribution in [0.3, 0.4) is 0 Å². The van der Waals surface area contributed by atoms with Gasteiger partial charge in [-0.25, -0.2) is 13.2 Å². The first-order chi connectivity index (χ1) is 17.4. The summed E-state index contributed by atoms with van der Waals surface area (Å²) in [5.41, 5.74) is -0.759. The average Bonchev–Trinajstić information content (AvgIpc) is 3.27. The highest BCUT2D eigenvalue weighted by atomic mass is 35.5. The first-order valence-corrected chi connectivity index (χ1v) is 11.9. The SMILES string of the molecule is CN(Cc1ccc(C(F)(F)F)c(F)c1)[C@H]1CN(C(=O)c2cccc(F)c2F)C[C@@H]1c1ccc(Cl)c(Cl)c1. The Morgan fingerprint density at radius 2 is 1.70 bits per heavy atom. The maximum absolute atomic E-state index is 14.3. The summed E-state index contributed by atoms with van der Waals surface area (Å²) in [5.74, 6) is -4.86. The number of amides is 1. The van der Waals surface area contributed by atoms with Gasteiger partial charge in [-0.05, 0) is 54.6 Å². The zero-order valence-corrected chi connectivity index (χ0v) is 20.8. The Hall–Kier alpha value is -2.75. The minimum Gasteiger partial charge on any atom is -0.336 e. The van der Waals surface area contributed by atoms with Gasteiger partial charge < -0.3 is 4.90 Å². The van der Waals surface area contributed by atoms with E-state index in [1.165, 1.54) is 23.1 Å². The molecule has 37 heavy (non-hydrogen) atoms. The van der Waals surface area contributed by atoms with Crippen LogP contribution in [-0.2, 0) is 12.7 Å². The molecule has 0 saturated carbocycles. The second kappa shape index (κ2) is 10.6. The normalized spacial score (nSPS) is 18.1. The molecule has 1 saturated heterocycles. The van der Waals surface area contributed by atoms with Gasteiger partial charge in [0.25, 0.3) is 5.91 Å². The van der Waals surface area contributed by atoms with Crippen LogP contribution in [0.4, 0.5) is 26.3 Å². The highest BCUT2D eigenvalue weighted by Crippen LogP contribution is 2.36. The molecule has 0 spiro atoms. The van der Waals surface area contributed by atoms with Crippen LogP contribution in [0.2, 0.25) is 10.0 Å². The maximum atomic E-state index is 14.3. The summed E-state index contributed by atoms with van der Waals surface area (Å²) in [6.07, 6.45) is -4.81. The molecule has 4 rings (SSSR count). The number of hydrogen-bond donors (Lipinski definition) is 0. The van der Waals surface area contributed by atoms with Crippen molar-refractivity contribution in [3.63, 3.8) is 0 Å². The van der Waals surface area contributed by atoms with Crippen molar-refractivity contribution in [2.45, 2.75) is 24.7 Å². The molecule has 0 bridgehead atoms. The van der Waals surface area contributed by atoms with Crippen LogP contribution >= 0.6 is 23.2 Å². The second-order valence-electron chi connectivity index (χ2n) is 8.89. The number of carbonyl (C=O) groups excluding carboxylic acids is 1. The molecule has 1 aliphatic rings. The fraction of sp³-hybridized carbons (Fsp3) is 0.269. The molecule has 2 atom stereocenters. The zero-order valence-electron chi connectivity index (χ0n) is 19.3. The maximum Gasteiger partial charge on any atom is 0.419 e. The molecule has 1 amide bonds. The van der Waals surface area contributed by atoms with Crippen molar-refractivity contribution in [3.8, 4) is 0 Å². The minimum absolute atomic E-state index is 0.0634. The van der Waals surface area contributed by atoms with Crippen LogP contribution in [-0.4, -0.2) is 41.9 Å². The number of nitrogens with zero attached hydrogens (tertiary/aromatic N) is 2. The summed E-state index contributed by atoms with van der Waals surface area (Å²) in [5, 5.41) is 0.606. The molecule has 0 N–H and O–H groups in total. The number of benzene rings is 3. The van der Waals surface area contributed by atoms with Gasteiger partial charge in [-0.3, -0.25) is 9.69 Å². The van der Waals surface area contributed by atoms with Crippen LogP contribution in [0, 0.1) is 17.5 Å². The van der Waals surface area contributed by atoms with Crippen LogP contribution in [0.1, 0.15) is 33.0 Å². The lowest BCUT2D eigenvalue weighted by Crippen LogP contribution is -2.38. The Labute approximate surface area is 219 Å². The third-order valence-electron chi connectivity index (χ3n) is 6.47. The Morgan fingerprint density at radius 3 is 2.35 bits per heavy atom. The predicted octanol–water partition coefficient (Wildman–Crippen LogP) is 7.17. The summed E-state index contributed by atoms with van der Waals surface area (Å²) in [6.45, 7) is 0.288. The van der Waals surface area contributed by atoms with Crippen molar-refractivity contribution in [2.24, 2.45) is 0 Å². The van der Waals surface area contributed by atoms with Crippen LogP contribution in [0.5, 0.6) is 0 Å². The third kappa shape index (κ3) is 5.73. The van der Waals surface area contributed by atoms with E-state index in [4.69, 9.17) is 23.2 Å². The van der Waals surface area contributed by atoms with E-state index in [-0.39, 0.29) is 30.6 Å². The van der Waals surface area contributed by atoms with Crippen molar-refractivity contribution < 1.29 is 31.1 Å². The summed E-state index contributed by atoms with van der Waals surface area (Å²) in [4.78, 5) is 16.3. The van der Waals surface area contributed by atoms with E-state index in [9.17, 15) is 31.1 Å². The molecule has 1 heterocycles. The summed E-state index contributed by atoms with van der Waals surface area (Å²) in [7, 11) is 1.68. The lowest BCUT2D eigenvalue weighted by atomic mass is 9.93. The molecule has 3 aromatic carbocycles. The fourth-order valence-electron chi connectivity index (χ4n) is 4.60. The van der Waals surface area contributed by atoms with Gasteiger partial charge >= 0.3 is 6.18 Å². The van der Waals surface area contributed by atoms with Crippen molar-refractivity contribution in [1.82, 2.24) is 9.80 Å². The van der Waals surface area contributed by atoms with E-state index >= 15 is 0 Å². The van der Waals surface area contributed by atoms with E-state index in [0.717, 1.165) is 17.7 Å². The number of likely N-dealkylation sites (tertiary alicyclic amines) is 1.